The molecule has 0 radical (unpaired) electrons. The monoisotopic (exact) mass is 285 g/mol. The first-order valence-corrected chi connectivity index (χ1v) is 7.12. The van der Waals surface area contributed by atoms with Crippen molar-refractivity contribution in [1.29, 1.82) is 0 Å². The van der Waals surface area contributed by atoms with Crippen molar-refractivity contribution in [3.8, 4) is 0 Å². The minimum Gasteiger partial charge on any atom is -0.481 e. The van der Waals surface area contributed by atoms with Crippen LogP contribution in [0, 0.1) is 5.13 Å². The Labute approximate surface area is 114 Å². The molecule has 1 saturated carbocycles. The topological polar surface area (TPSA) is 66.4 Å². The van der Waals surface area contributed by atoms with Crippen LogP contribution in [0.5, 0.6) is 0 Å². The summed E-state index contributed by atoms with van der Waals surface area (Å²) in [6.45, 7) is 0. The van der Waals surface area contributed by atoms with E-state index in [1.807, 2.05) is 0 Å². The minimum atomic E-state index is -0.917. The van der Waals surface area contributed by atoms with Gasteiger partial charge in [-0.3, -0.25) is 9.59 Å². The smallest absolute Gasteiger partial charge is 0.305 e. The van der Waals surface area contributed by atoms with Gasteiger partial charge in [0.25, 0.3) is 5.91 Å². The van der Waals surface area contributed by atoms with Crippen molar-refractivity contribution in [1.82, 2.24) is 5.32 Å². The summed E-state index contributed by atoms with van der Waals surface area (Å²) in [5.41, 5.74) is -0.679. The Morgan fingerprint density at radius 2 is 2.00 bits per heavy atom. The van der Waals surface area contributed by atoms with Gasteiger partial charge in [-0.15, -0.1) is 11.3 Å². The highest BCUT2D eigenvalue weighted by Crippen LogP contribution is 2.31. The molecule has 0 atom stereocenters. The number of carbonyl (C=O) groups is 2. The molecule has 1 aliphatic carbocycles. The number of carbonyl (C=O) groups excluding carboxylic acids is 1. The summed E-state index contributed by atoms with van der Waals surface area (Å²) < 4.78 is 12.9. The second kappa shape index (κ2) is 5.69. The van der Waals surface area contributed by atoms with Gasteiger partial charge < -0.3 is 10.4 Å². The Kier molecular flexibility index (Phi) is 4.19. The second-order valence-electron chi connectivity index (χ2n) is 4.97. The lowest BCUT2D eigenvalue weighted by Crippen LogP contribution is -2.50. The molecule has 104 valence electrons. The first kappa shape index (κ1) is 14.0. The molecule has 19 heavy (non-hydrogen) atoms. The number of thiophene rings is 1. The van der Waals surface area contributed by atoms with E-state index in [-0.39, 0.29) is 17.2 Å². The Bertz CT molecular complexity index is 480. The van der Waals surface area contributed by atoms with E-state index in [1.54, 1.807) is 0 Å². The summed E-state index contributed by atoms with van der Waals surface area (Å²) >= 11 is 0.776. The largest absolute Gasteiger partial charge is 0.481 e. The van der Waals surface area contributed by atoms with E-state index in [0.717, 1.165) is 30.6 Å². The van der Waals surface area contributed by atoms with Crippen molar-refractivity contribution in [3.63, 3.8) is 0 Å². The second-order valence-corrected chi connectivity index (χ2v) is 6.00. The van der Waals surface area contributed by atoms with Crippen LogP contribution in [-0.4, -0.2) is 22.5 Å². The fraction of sp³-hybridized carbons (Fsp3) is 0.538. The lowest BCUT2D eigenvalue weighted by Gasteiger charge is -2.36. The first-order chi connectivity index (χ1) is 9.01. The lowest BCUT2D eigenvalue weighted by atomic mass is 9.79. The quantitative estimate of drug-likeness (QED) is 0.894. The van der Waals surface area contributed by atoms with Gasteiger partial charge in [0.05, 0.1) is 16.8 Å². The standard InChI is InChI=1S/C13H16FNO3S/c14-10-5-4-9(19-10)12(18)15-13(8-11(16)17)6-2-1-3-7-13/h4-5H,1-3,6-8H2,(H,15,18)(H,16,17). The van der Waals surface area contributed by atoms with E-state index in [2.05, 4.69) is 5.32 Å². The van der Waals surface area contributed by atoms with Crippen LogP contribution in [0.3, 0.4) is 0 Å². The van der Waals surface area contributed by atoms with Crippen molar-refractivity contribution >= 4 is 23.2 Å². The van der Waals surface area contributed by atoms with E-state index < -0.39 is 16.6 Å². The van der Waals surface area contributed by atoms with Gasteiger partial charge in [0.2, 0.25) is 0 Å². The molecule has 1 amide bonds. The third-order valence-electron chi connectivity index (χ3n) is 3.48. The van der Waals surface area contributed by atoms with E-state index in [9.17, 15) is 14.0 Å². The highest BCUT2D eigenvalue weighted by molar-refractivity contribution is 7.12. The molecule has 1 fully saturated rings. The zero-order valence-corrected chi connectivity index (χ0v) is 11.3. The van der Waals surface area contributed by atoms with Crippen molar-refractivity contribution < 1.29 is 19.1 Å². The molecule has 0 aromatic carbocycles. The summed E-state index contributed by atoms with van der Waals surface area (Å²) in [6, 6.07) is 2.66. The number of halogens is 1. The van der Waals surface area contributed by atoms with Crippen LogP contribution in [0.1, 0.15) is 48.2 Å². The van der Waals surface area contributed by atoms with Gasteiger partial charge >= 0.3 is 5.97 Å². The SMILES string of the molecule is O=C(O)CC1(NC(=O)c2ccc(F)s2)CCCCC1. The number of hydrogen-bond acceptors (Lipinski definition) is 3. The molecule has 4 nitrogen and oxygen atoms in total. The molecule has 6 heteroatoms. The van der Waals surface area contributed by atoms with Crippen LogP contribution < -0.4 is 5.32 Å². The average molecular weight is 285 g/mol. The third kappa shape index (κ3) is 3.53. The molecule has 0 saturated heterocycles. The van der Waals surface area contributed by atoms with Crippen molar-refractivity contribution in [3.05, 3.63) is 22.1 Å². The van der Waals surface area contributed by atoms with Crippen LogP contribution in [-0.2, 0) is 4.79 Å². The molecule has 0 aliphatic heterocycles. The number of rotatable bonds is 4. The van der Waals surface area contributed by atoms with Gasteiger partial charge in [0, 0.05) is 0 Å². The molecule has 1 aromatic heterocycles. The number of carboxylic acid groups (broad SMARTS) is 1. The first-order valence-electron chi connectivity index (χ1n) is 6.30. The molecular formula is C13H16FNO3S. The predicted octanol–water partition coefficient (Wildman–Crippen LogP) is 2.79. The summed E-state index contributed by atoms with van der Waals surface area (Å²) in [7, 11) is 0. The van der Waals surface area contributed by atoms with Gasteiger partial charge in [0.15, 0.2) is 5.13 Å². The van der Waals surface area contributed by atoms with Crippen LogP contribution in [0.25, 0.3) is 0 Å². The predicted molar refractivity (Wildman–Crippen MR) is 69.8 cm³/mol. The number of amides is 1. The van der Waals surface area contributed by atoms with E-state index in [1.165, 1.54) is 12.1 Å². The molecule has 1 aromatic rings. The molecule has 1 aliphatic rings. The van der Waals surface area contributed by atoms with Gasteiger partial charge in [-0.1, -0.05) is 19.3 Å². The van der Waals surface area contributed by atoms with Gasteiger partial charge in [0.1, 0.15) is 0 Å². The zero-order valence-electron chi connectivity index (χ0n) is 10.4. The van der Waals surface area contributed by atoms with Gasteiger partial charge in [-0.2, -0.15) is 4.39 Å². The Morgan fingerprint density at radius 3 is 2.53 bits per heavy atom. The lowest BCUT2D eigenvalue weighted by molar-refractivity contribution is -0.139. The Balaban J connectivity index is 2.11. The summed E-state index contributed by atoms with van der Waals surface area (Å²) in [5.74, 6) is -1.29. The summed E-state index contributed by atoms with van der Waals surface area (Å²) in [6.07, 6.45) is 4.13. The van der Waals surface area contributed by atoms with Crippen LogP contribution in [0.2, 0.25) is 0 Å². The molecule has 1 heterocycles. The van der Waals surface area contributed by atoms with Gasteiger partial charge in [-0.25, -0.2) is 0 Å². The molecule has 2 rings (SSSR count). The molecule has 0 spiro atoms. The fourth-order valence-corrected chi connectivity index (χ4v) is 3.23. The minimum absolute atomic E-state index is 0.0768. The van der Waals surface area contributed by atoms with Gasteiger partial charge in [-0.05, 0) is 25.0 Å². The number of aliphatic carboxylic acids is 1. The average Bonchev–Trinajstić information content (AvgIpc) is 2.76. The molecule has 2 N–H and O–H groups in total. The van der Waals surface area contributed by atoms with Crippen LogP contribution >= 0.6 is 11.3 Å². The van der Waals surface area contributed by atoms with E-state index in [0.29, 0.717) is 12.8 Å². The molecular weight excluding hydrogens is 269 g/mol. The fourth-order valence-electron chi connectivity index (χ4n) is 2.60. The maximum atomic E-state index is 12.9. The third-order valence-corrected chi connectivity index (χ3v) is 4.35. The van der Waals surface area contributed by atoms with E-state index in [4.69, 9.17) is 5.11 Å². The Morgan fingerprint density at radius 1 is 1.32 bits per heavy atom. The highest BCUT2D eigenvalue weighted by atomic mass is 32.1. The molecule has 0 bridgehead atoms. The molecule has 0 unspecified atom stereocenters. The maximum Gasteiger partial charge on any atom is 0.305 e. The van der Waals surface area contributed by atoms with Crippen molar-refractivity contribution in [2.45, 2.75) is 44.1 Å². The van der Waals surface area contributed by atoms with Crippen molar-refractivity contribution in [2.75, 3.05) is 0 Å². The normalized spacial score (nSPS) is 17.9. The van der Waals surface area contributed by atoms with E-state index >= 15 is 0 Å². The van der Waals surface area contributed by atoms with Crippen LogP contribution in [0.15, 0.2) is 12.1 Å². The number of carboxylic acids is 1. The zero-order chi connectivity index (χ0) is 13.9. The summed E-state index contributed by atoms with van der Waals surface area (Å²) in [5, 5.41) is 11.4. The van der Waals surface area contributed by atoms with Crippen LogP contribution in [0.4, 0.5) is 4.39 Å². The highest BCUT2D eigenvalue weighted by Gasteiger charge is 2.36. The van der Waals surface area contributed by atoms with Crippen molar-refractivity contribution in [2.24, 2.45) is 0 Å². The summed E-state index contributed by atoms with van der Waals surface area (Å²) in [4.78, 5) is 23.3. The Hall–Kier alpha value is -1.43. The maximum absolute atomic E-state index is 12.9. The number of hydrogen-bond donors (Lipinski definition) is 2. The number of nitrogens with one attached hydrogen (secondary N) is 1.